The Morgan fingerprint density at radius 1 is 1.13 bits per heavy atom. The second-order valence-corrected chi connectivity index (χ2v) is 11.7. The Morgan fingerprint density at radius 2 is 1.83 bits per heavy atom. The van der Waals surface area contributed by atoms with Gasteiger partial charge in [-0.3, -0.25) is 9.35 Å². The SMILES string of the molecule is C[C@]12CC[C@@H](OS(=O)(=O)O)C[C@@H]1CC[C@@H]1[C@@H]2[C@@H](O)C[C@@]2(C)[C@H]1CC[C@]2(O)C(=O)CO. The predicted molar refractivity (Wildman–Crippen MR) is 107 cm³/mol. The second kappa shape index (κ2) is 7.22. The fraction of sp³-hybridized carbons (Fsp3) is 0.952. The molecule has 0 aliphatic heterocycles. The zero-order valence-corrected chi connectivity index (χ0v) is 18.5. The van der Waals surface area contributed by atoms with E-state index in [0.29, 0.717) is 38.5 Å². The van der Waals surface area contributed by atoms with Gasteiger partial charge in [-0.25, -0.2) is 4.18 Å². The van der Waals surface area contributed by atoms with Crippen LogP contribution in [0, 0.1) is 34.5 Å². The topological polar surface area (TPSA) is 141 Å². The van der Waals surface area contributed by atoms with E-state index in [-0.39, 0.29) is 29.1 Å². The van der Waals surface area contributed by atoms with Crippen molar-refractivity contribution in [1.82, 2.24) is 0 Å². The number of carbonyl (C=O) groups is 1. The van der Waals surface area contributed by atoms with Gasteiger partial charge in [-0.1, -0.05) is 13.8 Å². The van der Waals surface area contributed by atoms with Crippen LogP contribution >= 0.6 is 0 Å². The molecule has 0 aromatic rings. The Bertz CT molecular complexity index is 814. The maximum atomic E-state index is 12.4. The number of hydrogen-bond acceptors (Lipinski definition) is 7. The highest BCUT2D eigenvalue weighted by Crippen LogP contribution is 2.68. The largest absolute Gasteiger partial charge is 0.397 e. The number of ketones is 1. The van der Waals surface area contributed by atoms with Crippen molar-refractivity contribution in [3.05, 3.63) is 0 Å². The molecule has 0 saturated heterocycles. The van der Waals surface area contributed by atoms with Crippen LogP contribution in [0.5, 0.6) is 0 Å². The Balaban J connectivity index is 1.60. The molecule has 8 nitrogen and oxygen atoms in total. The van der Waals surface area contributed by atoms with Gasteiger partial charge in [0.1, 0.15) is 12.2 Å². The van der Waals surface area contributed by atoms with Crippen LogP contribution in [0.1, 0.15) is 65.2 Å². The van der Waals surface area contributed by atoms with Gasteiger partial charge >= 0.3 is 10.4 Å². The van der Waals surface area contributed by atoms with Crippen molar-refractivity contribution in [2.24, 2.45) is 34.5 Å². The van der Waals surface area contributed by atoms with Crippen molar-refractivity contribution < 1.29 is 37.3 Å². The summed E-state index contributed by atoms with van der Waals surface area (Å²) in [5.74, 6) is -0.110. The summed E-state index contributed by atoms with van der Waals surface area (Å²) in [5, 5.41) is 32.0. The Morgan fingerprint density at radius 3 is 2.47 bits per heavy atom. The molecule has 0 radical (unpaired) electrons. The van der Waals surface area contributed by atoms with Gasteiger partial charge in [-0.2, -0.15) is 8.42 Å². The number of aliphatic hydroxyl groups excluding tert-OH is 2. The van der Waals surface area contributed by atoms with Crippen LogP contribution in [-0.2, 0) is 19.4 Å². The minimum atomic E-state index is -4.49. The van der Waals surface area contributed by atoms with Gasteiger partial charge in [0.05, 0.1) is 12.2 Å². The fourth-order valence-corrected chi connectivity index (χ4v) is 8.72. The Hall–Kier alpha value is -0.580. The van der Waals surface area contributed by atoms with E-state index in [0.717, 1.165) is 12.8 Å². The first-order chi connectivity index (χ1) is 13.9. The van der Waals surface area contributed by atoms with Crippen molar-refractivity contribution in [2.45, 2.75) is 83.0 Å². The molecule has 0 heterocycles. The zero-order valence-electron chi connectivity index (χ0n) is 17.7. The summed E-state index contributed by atoms with van der Waals surface area (Å²) in [7, 11) is -4.49. The standard InChI is InChI=1S/C21H34O8S/c1-19-7-5-13(29-30(26,27)28)9-12(19)3-4-14-15-6-8-21(25,17(24)11-22)20(15,2)10-16(23)18(14)19/h12-16,18,22-23,25H,3-11H2,1-2H3,(H,26,27,28)/t12-,13+,14-,15-,16-,18+,19-,20-,21-/m0/s1. The summed E-state index contributed by atoms with van der Waals surface area (Å²) < 4.78 is 36.2. The van der Waals surface area contributed by atoms with Crippen LogP contribution < -0.4 is 0 Å². The van der Waals surface area contributed by atoms with Crippen molar-refractivity contribution in [1.29, 1.82) is 0 Å². The van der Waals surface area contributed by atoms with Gasteiger partial charge in [0.15, 0.2) is 5.78 Å². The molecule has 172 valence electrons. The third-order valence-corrected chi connectivity index (χ3v) is 10.1. The Kier molecular flexibility index (Phi) is 5.44. The number of Topliss-reactive ketones (excluding diaryl/α,β-unsaturated/α-hetero) is 1. The molecule has 0 bridgehead atoms. The molecule has 0 amide bonds. The summed E-state index contributed by atoms with van der Waals surface area (Å²) in [4.78, 5) is 12.4. The van der Waals surface area contributed by atoms with E-state index in [4.69, 9.17) is 8.74 Å². The molecule has 4 N–H and O–H groups in total. The van der Waals surface area contributed by atoms with Crippen LogP contribution in [0.2, 0.25) is 0 Å². The van der Waals surface area contributed by atoms with E-state index >= 15 is 0 Å². The lowest BCUT2D eigenvalue weighted by Crippen LogP contribution is -2.63. The van der Waals surface area contributed by atoms with E-state index in [1.165, 1.54) is 0 Å². The van der Waals surface area contributed by atoms with Gasteiger partial charge in [-0.15, -0.1) is 0 Å². The molecule has 0 aromatic carbocycles. The molecule has 4 fully saturated rings. The average molecular weight is 447 g/mol. The molecule has 0 aromatic heterocycles. The van der Waals surface area contributed by atoms with Crippen molar-refractivity contribution >= 4 is 16.2 Å². The lowest BCUT2D eigenvalue weighted by molar-refractivity contribution is -0.202. The first kappa shape index (κ1) is 22.6. The third-order valence-electron chi connectivity index (χ3n) is 9.56. The normalized spacial score (nSPS) is 51.0. The average Bonchev–Trinajstić information content (AvgIpc) is 2.91. The molecule has 4 aliphatic rings. The first-order valence-corrected chi connectivity index (χ1v) is 12.4. The monoisotopic (exact) mass is 446 g/mol. The number of fused-ring (bicyclic) bond motifs is 5. The van der Waals surface area contributed by atoms with Gasteiger partial charge < -0.3 is 15.3 Å². The first-order valence-electron chi connectivity index (χ1n) is 11.1. The number of hydrogen-bond donors (Lipinski definition) is 4. The van der Waals surface area contributed by atoms with E-state index in [9.17, 15) is 28.5 Å². The van der Waals surface area contributed by atoms with Crippen LogP contribution in [0.3, 0.4) is 0 Å². The highest BCUT2D eigenvalue weighted by atomic mass is 32.3. The molecule has 4 aliphatic carbocycles. The fourth-order valence-electron chi connectivity index (χ4n) is 8.20. The molecular weight excluding hydrogens is 412 g/mol. The number of rotatable bonds is 4. The predicted octanol–water partition coefficient (Wildman–Crippen LogP) is 1.48. The Labute approximate surface area is 178 Å². The van der Waals surface area contributed by atoms with E-state index < -0.39 is 46.0 Å². The number of carbonyl (C=O) groups excluding carboxylic acids is 1. The summed E-state index contributed by atoms with van der Waals surface area (Å²) in [5.41, 5.74) is -2.55. The van der Waals surface area contributed by atoms with E-state index in [2.05, 4.69) is 6.92 Å². The maximum Gasteiger partial charge on any atom is 0.397 e. The van der Waals surface area contributed by atoms with Gasteiger partial charge in [0.2, 0.25) is 0 Å². The maximum absolute atomic E-state index is 12.4. The summed E-state index contributed by atoms with van der Waals surface area (Å²) >= 11 is 0. The highest BCUT2D eigenvalue weighted by Gasteiger charge is 2.68. The molecule has 9 atom stereocenters. The number of aliphatic hydroxyl groups is 3. The minimum Gasteiger partial charge on any atom is -0.393 e. The second-order valence-electron chi connectivity index (χ2n) is 10.7. The van der Waals surface area contributed by atoms with E-state index in [1.807, 2.05) is 6.92 Å². The van der Waals surface area contributed by atoms with E-state index in [1.54, 1.807) is 0 Å². The van der Waals surface area contributed by atoms with Crippen LogP contribution in [0.25, 0.3) is 0 Å². The quantitative estimate of drug-likeness (QED) is 0.476. The van der Waals surface area contributed by atoms with Crippen molar-refractivity contribution in [3.8, 4) is 0 Å². The van der Waals surface area contributed by atoms with Crippen molar-refractivity contribution in [2.75, 3.05) is 6.61 Å². The molecule has 9 heteroatoms. The lowest BCUT2D eigenvalue weighted by atomic mass is 9.43. The molecule has 30 heavy (non-hydrogen) atoms. The van der Waals surface area contributed by atoms with Crippen LogP contribution in [-0.4, -0.2) is 58.5 Å². The third kappa shape index (κ3) is 3.19. The van der Waals surface area contributed by atoms with Crippen LogP contribution in [0.4, 0.5) is 0 Å². The summed E-state index contributed by atoms with van der Waals surface area (Å²) in [6.07, 6.45) is 3.51. The molecule has 4 saturated carbocycles. The lowest BCUT2D eigenvalue weighted by Gasteiger charge is -2.62. The van der Waals surface area contributed by atoms with Gasteiger partial charge in [-0.05, 0) is 80.5 Å². The van der Waals surface area contributed by atoms with Gasteiger partial charge in [0, 0.05) is 5.41 Å². The van der Waals surface area contributed by atoms with Crippen LogP contribution in [0.15, 0.2) is 0 Å². The molecule has 4 rings (SSSR count). The van der Waals surface area contributed by atoms with Gasteiger partial charge in [0.25, 0.3) is 0 Å². The summed E-state index contributed by atoms with van der Waals surface area (Å²) in [6, 6.07) is 0. The molecule has 0 spiro atoms. The minimum absolute atomic E-state index is 0.00703. The smallest absolute Gasteiger partial charge is 0.393 e. The summed E-state index contributed by atoms with van der Waals surface area (Å²) in [6.45, 7) is 3.37. The molecular formula is C21H34O8S. The van der Waals surface area contributed by atoms with Crippen molar-refractivity contribution in [3.63, 3.8) is 0 Å². The zero-order chi connectivity index (χ0) is 22.1. The highest BCUT2D eigenvalue weighted by molar-refractivity contribution is 7.80. The molecule has 0 unspecified atom stereocenters.